The van der Waals surface area contributed by atoms with Crippen LogP contribution in [0.4, 0.5) is 4.39 Å². The molecule has 146 valence electrons. The highest BCUT2D eigenvalue weighted by Crippen LogP contribution is 2.32. The van der Waals surface area contributed by atoms with E-state index in [0.29, 0.717) is 13.1 Å². The molecule has 1 fully saturated rings. The number of aromatic nitrogens is 2. The minimum atomic E-state index is -3.55. The van der Waals surface area contributed by atoms with E-state index in [2.05, 4.69) is 9.97 Å². The lowest BCUT2D eigenvalue weighted by atomic mass is 10.0. The van der Waals surface area contributed by atoms with E-state index in [1.54, 1.807) is 36.4 Å². The molecule has 7 heteroatoms. The second-order valence-corrected chi connectivity index (χ2v) is 9.13. The van der Waals surface area contributed by atoms with Gasteiger partial charge in [-0.25, -0.2) is 17.8 Å². The maximum atomic E-state index is 13.1. The van der Waals surface area contributed by atoms with E-state index in [4.69, 9.17) is 0 Å². The van der Waals surface area contributed by atoms with Crippen LogP contribution in [0.2, 0.25) is 0 Å². The van der Waals surface area contributed by atoms with E-state index in [9.17, 15) is 12.8 Å². The molecule has 0 unspecified atom stereocenters. The topological polar surface area (TPSA) is 66.1 Å². The number of sulfonamides is 1. The van der Waals surface area contributed by atoms with Gasteiger partial charge in [0.2, 0.25) is 10.0 Å². The monoisotopic (exact) mass is 407 g/mol. The molecule has 0 spiro atoms. The van der Waals surface area contributed by atoms with Gasteiger partial charge in [-0.1, -0.05) is 36.4 Å². The van der Waals surface area contributed by atoms with Crippen LogP contribution in [0.1, 0.15) is 11.7 Å². The Morgan fingerprint density at radius 1 is 0.897 bits per heavy atom. The number of H-pyrrole nitrogens is 1. The SMILES string of the molecule is O=S(=O)(c1ccc(-c2ccc(F)cc2)cc1)N1CC(c2nc3ccccc3[nH]2)C1. The summed E-state index contributed by atoms with van der Waals surface area (Å²) in [6.07, 6.45) is 0. The third-order valence-corrected chi connectivity index (χ3v) is 7.16. The molecular weight excluding hydrogens is 389 g/mol. The van der Waals surface area contributed by atoms with E-state index in [1.165, 1.54) is 16.4 Å². The molecule has 5 rings (SSSR count). The summed E-state index contributed by atoms with van der Waals surface area (Å²) in [6, 6.07) is 20.6. The predicted octanol–water partition coefficient (Wildman–Crippen LogP) is 4.16. The first-order valence-electron chi connectivity index (χ1n) is 9.31. The Labute approximate surface area is 167 Å². The minimum absolute atomic E-state index is 0.0654. The molecule has 3 aromatic carbocycles. The van der Waals surface area contributed by atoms with Crippen molar-refractivity contribution in [2.45, 2.75) is 10.8 Å². The van der Waals surface area contributed by atoms with Gasteiger partial charge >= 0.3 is 0 Å². The molecule has 2 heterocycles. The van der Waals surface area contributed by atoms with Gasteiger partial charge in [0, 0.05) is 19.0 Å². The van der Waals surface area contributed by atoms with E-state index in [0.717, 1.165) is 28.0 Å². The number of benzene rings is 3. The first-order valence-corrected chi connectivity index (χ1v) is 10.8. The number of aromatic amines is 1. The van der Waals surface area contributed by atoms with Crippen molar-refractivity contribution in [3.05, 3.63) is 84.4 Å². The second-order valence-electron chi connectivity index (χ2n) is 7.19. The second kappa shape index (κ2) is 6.79. The predicted molar refractivity (Wildman–Crippen MR) is 109 cm³/mol. The molecule has 0 bridgehead atoms. The molecule has 1 aliphatic rings. The van der Waals surface area contributed by atoms with Gasteiger partial charge in [-0.2, -0.15) is 4.31 Å². The molecule has 1 aromatic heterocycles. The summed E-state index contributed by atoms with van der Waals surface area (Å²) in [4.78, 5) is 8.11. The van der Waals surface area contributed by atoms with Gasteiger partial charge in [-0.05, 0) is 47.5 Å². The summed E-state index contributed by atoms with van der Waals surface area (Å²) >= 11 is 0. The highest BCUT2D eigenvalue weighted by atomic mass is 32.2. The molecule has 5 nitrogen and oxygen atoms in total. The van der Waals surface area contributed by atoms with Crippen LogP contribution in [0, 0.1) is 5.82 Å². The van der Waals surface area contributed by atoms with Gasteiger partial charge in [0.1, 0.15) is 11.6 Å². The van der Waals surface area contributed by atoms with Gasteiger partial charge in [0.15, 0.2) is 0 Å². The van der Waals surface area contributed by atoms with Crippen molar-refractivity contribution >= 4 is 21.1 Å². The Balaban J connectivity index is 1.32. The number of hydrogen-bond acceptors (Lipinski definition) is 3. The minimum Gasteiger partial charge on any atom is -0.342 e. The van der Waals surface area contributed by atoms with E-state index < -0.39 is 10.0 Å². The lowest BCUT2D eigenvalue weighted by molar-refractivity contribution is 0.257. The van der Waals surface area contributed by atoms with Crippen molar-refractivity contribution < 1.29 is 12.8 Å². The molecule has 1 saturated heterocycles. The Morgan fingerprint density at radius 2 is 1.52 bits per heavy atom. The highest BCUT2D eigenvalue weighted by Gasteiger charge is 2.38. The molecule has 0 aliphatic carbocycles. The van der Waals surface area contributed by atoms with Crippen LogP contribution in [0.15, 0.2) is 77.7 Å². The van der Waals surface area contributed by atoms with E-state index in [1.807, 2.05) is 24.3 Å². The number of nitrogens with one attached hydrogen (secondary N) is 1. The van der Waals surface area contributed by atoms with Crippen LogP contribution in [-0.2, 0) is 10.0 Å². The summed E-state index contributed by atoms with van der Waals surface area (Å²) in [5.41, 5.74) is 3.53. The molecule has 4 aromatic rings. The lowest BCUT2D eigenvalue weighted by Gasteiger charge is -2.36. The van der Waals surface area contributed by atoms with Crippen LogP contribution in [-0.4, -0.2) is 35.8 Å². The van der Waals surface area contributed by atoms with Gasteiger partial charge in [0.05, 0.1) is 15.9 Å². The van der Waals surface area contributed by atoms with Crippen LogP contribution in [0.5, 0.6) is 0 Å². The first-order chi connectivity index (χ1) is 14.0. The van der Waals surface area contributed by atoms with Crippen LogP contribution >= 0.6 is 0 Å². The third-order valence-electron chi connectivity index (χ3n) is 5.31. The average molecular weight is 407 g/mol. The molecule has 1 aliphatic heterocycles. The van der Waals surface area contributed by atoms with Crippen molar-refractivity contribution in [3.63, 3.8) is 0 Å². The van der Waals surface area contributed by atoms with Gasteiger partial charge in [0.25, 0.3) is 0 Å². The zero-order valence-corrected chi connectivity index (χ0v) is 16.2. The summed E-state index contributed by atoms with van der Waals surface area (Å²) in [5, 5.41) is 0. The number of hydrogen-bond donors (Lipinski definition) is 1. The number of para-hydroxylation sites is 2. The smallest absolute Gasteiger partial charge is 0.243 e. The molecule has 0 amide bonds. The van der Waals surface area contributed by atoms with Gasteiger partial charge < -0.3 is 4.98 Å². The van der Waals surface area contributed by atoms with Crippen molar-refractivity contribution in [1.82, 2.24) is 14.3 Å². The fourth-order valence-corrected chi connectivity index (χ4v) is 5.11. The molecule has 1 N–H and O–H groups in total. The van der Waals surface area contributed by atoms with Gasteiger partial charge in [-0.15, -0.1) is 0 Å². The summed E-state index contributed by atoms with van der Waals surface area (Å²) in [5.74, 6) is 0.588. The standard InChI is InChI=1S/C22H18FN3O2S/c23-18-9-5-15(6-10-18)16-7-11-19(12-8-16)29(27,28)26-13-17(14-26)22-24-20-3-1-2-4-21(20)25-22/h1-12,17H,13-14H2,(H,24,25). The maximum absolute atomic E-state index is 13.1. The largest absolute Gasteiger partial charge is 0.342 e. The average Bonchev–Trinajstić information content (AvgIpc) is 3.11. The molecule has 29 heavy (non-hydrogen) atoms. The quantitative estimate of drug-likeness (QED) is 0.553. The number of nitrogens with zero attached hydrogens (tertiary/aromatic N) is 2. The zero-order chi connectivity index (χ0) is 20.0. The van der Waals surface area contributed by atoms with Crippen LogP contribution in [0.25, 0.3) is 22.2 Å². The van der Waals surface area contributed by atoms with Crippen molar-refractivity contribution in [3.8, 4) is 11.1 Å². The molecule has 0 atom stereocenters. The number of rotatable bonds is 4. The Morgan fingerprint density at radius 3 is 2.17 bits per heavy atom. The lowest BCUT2D eigenvalue weighted by Crippen LogP contribution is -2.48. The Bertz CT molecular complexity index is 1240. The van der Waals surface area contributed by atoms with E-state index >= 15 is 0 Å². The maximum Gasteiger partial charge on any atom is 0.243 e. The molecule has 0 saturated carbocycles. The zero-order valence-electron chi connectivity index (χ0n) is 15.4. The number of halogens is 1. The fourth-order valence-electron chi connectivity index (χ4n) is 3.58. The fraction of sp³-hybridized carbons (Fsp3) is 0.136. The van der Waals surface area contributed by atoms with Crippen LogP contribution in [0.3, 0.4) is 0 Å². The highest BCUT2D eigenvalue weighted by molar-refractivity contribution is 7.89. The van der Waals surface area contributed by atoms with Gasteiger partial charge in [-0.3, -0.25) is 0 Å². The summed E-state index contributed by atoms with van der Waals surface area (Å²) in [6.45, 7) is 0.809. The number of fused-ring (bicyclic) bond motifs is 1. The first kappa shape index (κ1) is 18.0. The van der Waals surface area contributed by atoms with Crippen molar-refractivity contribution in [1.29, 1.82) is 0 Å². The summed E-state index contributed by atoms with van der Waals surface area (Å²) in [7, 11) is -3.55. The molecule has 0 radical (unpaired) electrons. The number of imidazole rings is 1. The van der Waals surface area contributed by atoms with Crippen LogP contribution < -0.4 is 0 Å². The normalized spacial score (nSPS) is 15.5. The van der Waals surface area contributed by atoms with E-state index in [-0.39, 0.29) is 16.6 Å². The Kier molecular flexibility index (Phi) is 4.22. The van der Waals surface area contributed by atoms with Crippen molar-refractivity contribution in [2.24, 2.45) is 0 Å². The third kappa shape index (κ3) is 3.22. The Hall–Kier alpha value is -3.03. The van der Waals surface area contributed by atoms with Crippen molar-refractivity contribution in [2.75, 3.05) is 13.1 Å². The summed E-state index contributed by atoms with van der Waals surface area (Å²) < 4.78 is 40.4. The molecular formula is C22H18FN3O2S.